The molecule has 0 aromatic carbocycles. The molecule has 0 aliphatic heterocycles. The van der Waals surface area contributed by atoms with Gasteiger partial charge in [0.2, 0.25) is 0 Å². The number of aromatic nitrogens is 1. The number of halogens is 1. The molecule has 0 amide bonds. The van der Waals surface area contributed by atoms with Crippen LogP contribution in [-0.2, 0) is 6.54 Å². The van der Waals surface area contributed by atoms with Crippen molar-refractivity contribution in [2.45, 2.75) is 91.0 Å². The van der Waals surface area contributed by atoms with Gasteiger partial charge in [-0.2, -0.15) is 0 Å². The molecule has 2 nitrogen and oxygen atoms in total. The van der Waals surface area contributed by atoms with Gasteiger partial charge in [-0.1, -0.05) is 71.6 Å². The molecule has 23 heavy (non-hydrogen) atoms. The Bertz CT molecular complexity index is 405. The molecule has 1 aromatic heterocycles. The maximum Gasteiger partial charge on any atom is 0.0603 e. The van der Waals surface area contributed by atoms with Crippen molar-refractivity contribution >= 4 is 17.0 Å². The van der Waals surface area contributed by atoms with Gasteiger partial charge in [-0.3, -0.25) is 4.99 Å². The highest BCUT2D eigenvalue weighted by atomic mass is 79.9. The molecule has 0 saturated carbocycles. The van der Waals surface area contributed by atoms with Gasteiger partial charge in [0, 0.05) is 25.5 Å². The molecule has 1 aromatic rings. The number of hydrogen-bond donors (Lipinski definition) is 0. The normalized spacial score (nSPS) is 10.3. The fourth-order valence-electron chi connectivity index (χ4n) is 2.70. The second-order valence-corrected chi connectivity index (χ2v) is 6.36. The van der Waals surface area contributed by atoms with Gasteiger partial charge >= 0.3 is 0 Å². The monoisotopic (exact) mass is 384 g/mol. The molecule has 0 unspecified atom stereocenters. The van der Waals surface area contributed by atoms with E-state index < -0.39 is 0 Å². The van der Waals surface area contributed by atoms with Crippen LogP contribution in [0.3, 0.4) is 0 Å². The zero-order valence-electron chi connectivity index (χ0n) is 15.3. The lowest BCUT2D eigenvalue weighted by atomic mass is 10.1. The van der Waals surface area contributed by atoms with Gasteiger partial charge < -0.3 is 4.57 Å². The van der Waals surface area contributed by atoms with Crippen molar-refractivity contribution in [1.82, 2.24) is 4.57 Å². The average Bonchev–Trinajstić information content (AvgIpc) is 2.55. The van der Waals surface area contributed by atoms with Crippen LogP contribution < -0.4 is 5.36 Å². The fraction of sp³-hybridized carbons (Fsp3) is 0.750. The molecule has 0 bridgehead atoms. The molecule has 0 radical (unpaired) electrons. The van der Waals surface area contributed by atoms with Crippen molar-refractivity contribution in [3.63, 3.8) is 0 Å². The third kappa shape index (κ3) is 12.5. The topological polar surface area (TPSA) is 17.3 Å². The molecule has 0 saturated heterocycles. The lowest BCUT2D eigenvalue weighted by Crippen LogP contribution is -2.06. The molecule has 0 N–H and O–H groups in total. The number of aryl methyl sites for hydroxylation is 1. The van der Waals surface area contributed by atoms with Gasteiger partial charge in [-0.25, -0.2) is 0 Å². The van der Waals surface area contributed by atoms with E-state index in [-0.39, 0.29) is 17.0 Å². The average molecular weight is 385 g/mol. The van der Waals surface area contributed by atoms with Gasteiger partial charge in [-0.05, 0) is 25.0 Å². The van der Waals surface area contributed by atoms with E-state index in [9.17, 15) is 0 Å². The van der Waals surface area contributed by atoms with Crippen LogP contribution in [0.25, 0.3) is 0 Å². The Hall–Kier alpha value is -0.570. The molecule has 0 aliphatic carbocycles. The van der Waals surface area contributed by atoms with Gasteiger partial charge in [0.05, 0.1) is 5.36 Å². The number of nitrogens with zero attached hydrogens (tertiary/aromatic N) is 2. The Morgan fingerprint density at radius 3 is 1.87 bits per heavy atom. The summed E-state index contributed by atoms with van der Waals surface area (Å²) in [5, 5.41) is 1.13. The summed E-state index contributed by atoms with van der Waals surface area (Å²) in [5.74, 6) is 0. The van der Waals surface area contributed by atoms with Crippen molar-refractivity contribution in [3.8, 4) is 0 Å². The van der Waals surface area contributed by atoms with Crippen molar-refractivity contribution in [3.05, 3.63) is 29.9 Å². The first kappa shape index (κ1) is 22.4. The van der Waals surface area contributed by atoms with E-state index in [1.165, 1.54) is 70.6 Å². The van der Waals surface area contributed by atoms with Crippen LogP contribution in [0, 0.1) is 0 Å². The van der Waals surface area contributed by atoms with Crippen LogP contribution in [0.5, 0.6) is 0 Å². The minimum atomic E-state index is 0. The summed E-state index contributed by atoms with van der Waals surface area (Å²) in [6.07, 6.45) is 19.1. The predicted molar refractivity (Wildman–Crippen MR) is 107 cm³/mol. The molecule has 1 heterocycles. The van der Waals surface area contributed by atoms with E-state index in [4.69, 9.17) is 0 Å². The SMILES string of the molecule is Br.CCCCCCCCn1ccc(=NCCCCCCC)cc1. The second-order valence-electron chi connectivity index (χ2n) is 6.36. The zero-order valence-corrected chi connectivity index (χ0v) is 17.0. The summed E-state index contributed by atoms with van der Waals surface area (Å²) in [7, 11) is 0. The molecular weight excluding hydrogens is 348 g/mol. The third-order valence-electron chi connectivity index (χ3n) is 4.20. The van der Waals surface area contributed by atoms with E-state index in [0.717, 1.165) is 18.4 Å². The third-order valence-corrected chi connectivity index (χ3v) is 4.20. The smallest absolute Gasteiger partial charge is 0.0603 e. The van der Waals surface area contributed by atoms with Crippen LogP contribution in [0.4, 0.5) is 0 Å². The summed E-state index contributed by atoms with van der Waals surface area (Å²) in [4.78, 5) is 4.66. The van der Waals surface area contributed by atoms with Crippen LogP contribution in [0.1, 0.15) is 84.5 Å². The van der Waals surface area contributed by atoms with Gasteiger partial charge in [-0.15, -0.1) is 17.0 Å². The minimum Gasteiger partial charge on any atom is -0.354 e. The van der Waals surface area contributed by atoms with Crippen LogP contribution in [-0.4, -0.2) is 11.1 Å². The Morgan fingerprint density at radius 1 is 0.739 bits per heavy atom. The lowest BCUT2D eigenvalue weighted by Gasteiger charge is -2.05. The molecule has 0 spiro atoms. The number of rotatable bonds is 13. The number of hydrogen-bond acceptors (Lipinski definition) is 1. The summed E-state index contributed by atoms with van der Waals surface area (Å²) in [6, 6.07) is 4.31. The Kier molecular flexibility index (Phi) is 15.9. The molecule has 0 fully saturated rings. The minimum absolute atomic E-state index is 0. The Balaban J connectivity index is 0.00000484. The van der Waals surface area contributed by atoms with Gasteiger partial charge in [0.1, 0.15) is 0 Å². The van der Waals surface area contributed by atoms with Crippen molar-refractivity contribution in [2.24, 2.45) is 4.99 Å². The molecule has 3 heteroatoms. The lowest BCUT2D eigenvalue weighted by molar-refractivity contribution is 0.556. The first-order chi connectivity index (χ1) is 10.9. The maximum atomic E-state index is 4.66. The maximum absolute atomic E-state index is 4.66. The summed E-state index contributed by atoms with van der Waals surface area (Å²) < 4.78 is 2.29. The van der Waals surface area contributed by atoms with Crippen molar-refractivity contribution in [1.29, 1.82) is 0 Å². The molecular formula is C20H37BrN2. The second kappa shape index (κ2) is 16.3. The van der Waals surface area contributed by atoms with Crippen molar-refractivity contribution < 1.29 is 0 Å². The highest BCUT2D eigenvalue weighted by Gasteiger charge is 1.92. The van der Waals surface area contributed by atoms with Crippen LogP contribution >= 0.6 is 17.0 Å². The Labute approximate surface area is 154 Å². The largest absolute Gasteiger partial charge is 0.354 e. The quantitative estimate of drug-likeness (QED) is 0.355. The summed E-state index contributed by atoms with van der Waals surface area (Å²) in [5.41, 5.74) is 0. The van der Waals surface area contributed by atoms with E-state index in [1.807, 2.05) is 0 Å². The van der Waals surface area contributed by atoms with Crippen molar-refractivity contribution in [2.75, 3.05) is 6.54 Å². The van der Waals surface area contributed by atoms with Gasteiger partial charge in [0.25, 0.3) is 0 Å². The van der Waals surface area contributed by atoms with Crippen LogP contribution in [0.2, 0.25) is 0 Å². The standard InChI is InChI=1S/C20H36N2.BrH/c1-3-5-7-9-11-13-17-22-18-14-20(15-19-22)21-16-12-10-8-6-4-2;/h14-15,18-19H,3-13,16-17H2,1-2H3;1H. The first-order valence-corrected chi connectivity index (χ1v) is 9.53. The summed E-state index contributed by atoms with van der Waals surface area (Å²) in [6.45, 7) is 6.65. The number of unbranched alkanes of at least 4 members (excludes halogenated alkanes) is 9. The molecule has 1 rings (SSSR count). The van der Waals surface area contributed by atoms with Crippen LogP contribution in [0.15, 0.2) is 29.5 Å². The zero-order chi connectivity index (χ0) is 15.9. The van der Waals surface area contributed by atoms with Gasteiger partial charge in [0.15, 0.2) is 0 Å². The summed E-state index contributed by atoms with van der Waals surface area (Å²) >= 11 is 0. The Morgan fingerprint density at radius 2 is 1.26 bits per heavy atom. The predicted octanol–water partition coefficient (Wildman–Crippen LogP) is 6.30. The van der Waals surface area contributed by atoms with E-state index in [0.29, 0.717) is 0 Å². The fourth-order valence-corrected chi connectivity index (χ4v) is 2.70. The van der Waals surface area contributed by atoms with E-state index in [2.05, 4.69) is 47.9 Å². The van der Waals surface area contributed by atoms with E-state index >= 15 is 0 Å². The first-order valence-electron chi connectivity index (χ1n) is 9.53. The molecule has 134 valence electrons. The highest BCUT2D eigenvalue weighted by molar-refractivity contribution is 8.93. The van der Waals surface area contributed by atoms with E-state index in [1.54, 1.807) is 0 Å². The molecule has 0 aliphatic rings. The molecule has 0 atom stereocenters. The number of pyridine rings is 1. The highest BCUT2D eigenvalue weighted by Crippen LogP contribution is 2.06.